The van der Waals surface area contributed by atoms with Gasteiger partial charge in [-0.15, -0.1) is 18.7 Å². The summed E-state index contributed by atoms with van der Waals surface area (Å²) < 4.78 is 60.2. The molecular formula is C20H10Cl4N2O10S2. The van der Waals surface area contributed by atoms with Gasteiger partial charge in [0.25, 0.3) is 23.6 Å². The minimum Gasteiger partial charge on any atom is -0.272 e. The average Bonchev–Trinajstić information content (AvgIpc) is 3.12. The number of hydrogen-bond donors (Lipinski definition) is 0. The third-order valence-electron chi connectivity index (χ3n) is 6.16. The first-order valence-corrected chi connectivity index (χ1v) is 14.5. The molecule has 5 rings (SSSR count). The number of halogens is 4. The standard InChI is InChI=1S/C20H10Cl4N2O10S2/c21-7-1-3-9(23)11(5-7)37(31,32)35-25-17(27)13-14(18(25)28)16-15(13)19(29)26(20(16)30)36-38(33,34)12-6-8(22)2-4-10(12)24/h1-6,13-16H. The Kier molecular flexibility index (Phi) is 6.55. The molecule has 0 N–H and O–H groups in total. The van der Waals surface area contributed by atoms with Gasteiger partial charge < -0.3 is 0 Å². The first kappa shape index (κ1) is 27.3. The number of carbonyl (C=O) groups is 4. The van der Waals surface area contributed by atoms with Crippen LogP contribution in [0, 0.1) is 23.7 Å². The van der Waals surface area contributed by atoms with Gasteiger partial charge in [0, 0.05) is 10.0 Å². The molecular weight excluding hydrogens is 634 g/mol. The van der Waals surface area contributed by atoms with E-state index in [1.165, 1.54) is 12.1 Å². The zero-order valence-corrected chi connectivity index (χ0v) is 22.7. The highest BCUT2D eigenvalue weighted by molar-refractivity contribution is 7.87. The van der Waals surface area contributed by atoms with Crippen molar-refractivity contribution in [3.8, 4) is 0 Å². The van der Waals surface area contributed by atoms with Crippen LogP contribution in [0.5, 0.6) is 0 Å². The fourth-order valence-electron chi connectivity index (χ4n) is 4.50. The molecule has 2 heterocycles. The number of hydroxylamine groups is 4. The molecule has 0 atom stereocenters. The van der Waals surface area contributed by atoms with Gasteiger partial charge in [0.1, 0.15) is 9.79 Å². The first-order valence-electron chi connectivity index (χ1n) is 10.2. The molecule has 2 aromatic rings. The van der Waals surface area contributed by atoms with Crippen molar-refractivity contribution in [3.05, 3.63) is 56.5 Å². The SMILES string of the molecule is O=C1C2C(C(=O)N1OS(=O)(=O)c1cc(Cl)ccc1Cl)C1C(=O)N(OS(=O)(=O)c3cc(Cl)ccc3Cl)C(=O)C21. The quantitative estimate of drug-likeness (QED) is 0.428. The molecule has 0 radical (unpaired) electrons. The predicted molar refractivity (Wildman–Crippen MR) is 127 cm³/mol. The van der Waals surface area contributed by atoms with Crippen molar-refractivity contribution < 1.29 is 44.6 Å². The van der Waals surface area contributed by atoms with Crippen LogP contribution >= 0.6 is 46.4 Å². The third-order valence-corrected chi connectivity index (χ3v) is 9.96. The summed E-state index contributed by atoms with van der Waals surface area (Å²) in [7, 11) is -9.69. The third kappa shape index (κ3) is 4.10. The summed E-state index contributed by atoms with van der Waals surface area (Å²) >= 11 is 23.3. The van der Waals surface area contributed by atoms with Crippen molar-refractivity contribution in [2.75, 3.05) is 0 Å². The molecule has 0 aromatic heterocycles. The largest absolute Gasteiger partial charge is 0.319 e. The molecule has 38 heavy (non-hydrogen) atoms. The molecule has 0 unspecified atom stereocenters. The van der Waals surface area contributed by atoms with Crippen LogP contribution in [0.4, 0.5) is 0 Å². The minimum atomic E-state index is -4.85. The normalized spacial score (nSPS) is 25.1. The first-order chi connectivity index (χ1) is 17.7. The van der Waals surface area contributed by atoms with Gasteiger partial charge in [0.05, 0.1) is 33.7 Å². The fourth-order valence-corrected chi connectivity index (χ4v) is 7.78. The Labute approximate surface area is 234 Å². The van der Waals surface area contributed by atoms with Crippen molar-refractivity contribution in [1.29, 1.82) is 0 Å². The van der Waals surface area contributed by atoms with E-state index < -0.39 is 77.3 Å². The Morgan fingerprint density at radius 3 is 1.13 bits per heavy atom. The molecule has 2 aromatic carbocycles. The van der Waals surface area contributed by atoms with Crippen LogP contribution < -0.4 is 0 Å². The van der Waals surface area contributed by atoms with E-state index in [1.807, 2.05) is 0 Å². The Hall–Kier alpha value is -2.30. The molecule has 12 nitrogen and oxygen atoms in total. The van der Waals surface area contributed by atoms with Gasteiger partial charge in [-0.3, -0.25) is 19.2 Å². The second-order valence-corrected chi connectivity index (χ2v) is 12.9. The Balaban J connectivity index is 1.39. The summed E-state index contributed by atoms with van der Waals surface area (Å²) in [5, 5.41) is -0.811. The lowest BCUT2D eigenvalue weighted by Crippen LogP contribution is -2.50. The summed E-state index contributed by atoms with van der Waals surface area (Å²) in [5.74, 6) is -10.9. The summed E-state index contributed by atoms with van der Waals surface area (Å²) in [5.41, 5.74) is 0. The zero-order chi connectivity index (χ0) is 27.9. The maximum Gasteiger partial charge on any atom is 0.319 e. The highest BCUT2D eigenvalue weighted by Crippen LogP contribution is 2.57. The maximum atomic E-state index is 12.9. The molecule has 1 aliphatic carbocycles. The molecule has 200 valence electrons. The summed E-state index contributed by atoms with van der Waals surface area (Å²) in [6.45, 7) is 0. The van der Waals surface area contributed by atoms with Gasteiger partial charge in [-0.2, -0.15) is 16.8 Å². The lowest BCUT2D eigenvalue weighted by molar-refractivity contribution is -0.169. The topological polar surface area (TPSA) is 161 Å². The number of rotatable bonds is 6. The molecule has 2 aliphatic heterocycles. The van der Waals surface area contributed by atoms with Crippen LogP contribution in [0.2, 0.25) is 20.1 Å². The zero-order valence-electron chi connectivity index (χ0n) is 18.1. The van der Waals surface area contributed by atoms with Crippen molar-refractivity contribution in [2.24, 2.45) is 23.7 Å². The summed E-state index contributed by atoms with van der Waals surface area (Å²) in [4.78, 5) is 50.4. The summed E-state index contributed by atoms with van der Waals surface area (Å²) in [6, 6.07) is 6.76. The monoisotopic (exact) mass is 642 g/mol. The van der Waals surface area contributed by atoms with E-state index in [-0.39, 0.29) is 30.2 Å². The predicted octanol–water partition coefficient (Wildman–Crippen LogP) is 2.46. The molecule has 4 amide bonds. The van der Waals surface area contributed by atoms with E-state index in [1.54, 1.807) is 0 Å². The Morgan fingerprint density at radius 1 is 0.553 bits per heavy atom. The van der Waals surface area contributed by atoms with E-state index in [4.69, 9.17) is 55.0 Å². The van der Waals surface area contributed by atoms with Crippen LogP contribution in [-0.4, -0.2) is 50.6 Å². The van der Waals surface area contributed by atoms with Gasteiger partial charge in [-0.25, -0.2) is 0 Å². The number of amides is 4. The molecule has 3 aliphatic rings. The van der Waals surface area contributed by atoms with E-state index >= 15 is 0 Å². The molecule has 0 bridgehead atoms. The van der Waals surface area contributed by atoms with Gasteiger partial charge >= 0.3 is 20.2 Å². The molecule has 18 heteroatoms. The summed E-state index contributed by atoms with van der Waals surface area (Å²) in [6.07, 6.45) is 0. The Morgan fingerprint density at radius 2 is 0.842 bits per heavy atom. The van der Waals surface area contributed by atoms with E-state index in [0.29, 0.717) is 0 Å². The van der Waals surface area contributed by atoms with Crippen LogP contribution in [0.25, 0.3) is 0 Å². The average molecular weight is 644 g/mol. The highest BCUT2D eigenvalue weighted by Gasteiger charge is 2.75. The highest BCUT2D eigenvalue weighted by atomic mass is 35.5. The van der Waals surface area contributed by atoms with Gasteiger partial charge in [-0.05, 0) is 36.4 Å². The lowest BCUT2D eigenvalue weighted by Gasteiger charge is -2.35. The van der Waals surface area contributed by atoms with E-state index in [0.717, 1.165) is 24.3 Å². The van der Waals surface area contributed by atoms with Crippen LogP contribution in [0.1, 0.15) is 0 Å². The van der Waals surface area contributed by atoms with Gasteiger partial charge in [0.2, 0.25) is 0 Å². The molecule has 1 saturated carbocycles. The van der Waals surface area contributed by atoms with Crippen molar-refractivity contribution >= 4 is 90.3 Å². The number of hydrogen-bond acceptors (Lipinski definition) is 10. The van der Waals surface area contributed by atoms with Crippen LogP contribution in [0.3, 0.4) is 0 Å². The van der Waals surface area contributed by atoms with Crippen LogP contribution in [0.15, 0.2) is 46.2 Å². The maximum absolute atomic E-state index is 12.9. The minimum absolute atomic E-state index is 0.0319. The molecule has 0 spiro atoms. The molecule has 3 fully saturated rings. The second kappa shape index (κ2) is 9.13. The Bertz CT molecular complexity index is 1510. The van der Waals surface area contributed by atoms with E-state index in [2.05, 4.69) is 0 Å². The number of imide groups is 2. The van der Waals surface area contributed by atoms with Crippen molar-refractivity contribution in [1.82, 2.24) is 10.1 Å². The van der Waals surface area contributed by atoms with Gasteiger partial charge in [-0.1, -0.05) is 46.4 Å². The second-order valence-electron chi connectivity index (χ2n) is 8.25. The number of benzene rings is 2. The van der Waals surface area contributed by atoms with E-state index in [9.17, 15) is 36.0 Å². The number of fused-ring (bicyclic) bond motifs is 4. The van der Waals surface area contributed by atoms with Crippen molar-refractivity contribution in [3.63, 3.8) is 0 Å². The van der Waals surface area contributed by atoms with Crippen molar-refractivity contribution in [2.45, 2.75) is 9.79 Å². The number of nitrogens with zero attached hydrogens (tertiary/aromatic N) is 2. The lowest BCUT2D eigenvalue weighted by atomic mass is 9.59. The van der Waals surface area contributed by atoms with Crippen LogP contribution in [-0.2, 0) is 48.0 Å². The van der Waals surface area contributed by atoms with Gasteiger partial charge in [0.15, 0.2) is 0 Å². The fraction of sp³-hybridized carbons (Fsp3) is 0.200. The molecule has 2 saturated heterocycles. The smallest absolute Gasteiger partial charge is 0.272 e. The number of carbonyl (C=O) groups excluding carboxylic acids is 4.